The molecule has 0 bridgehead atoms. The summed E-state index contributed by atoms with van der Waals surface area (Å²) in [6, 6.07) is 12.4. The van der Waals surface area contributed by atoms with E-state index in [1.165, 1.54) is 11.8 Å². The molecule has 1 heterocycles. The van der Waals surface area contributed by atoms with Crippen molar-refractivity contribution >= 4 is 10.9 Å². The van der Waals surface area contributed by atoms with Gasteiger partial charge in [-0.05, 0) is 36.8 Å². The molecule has 1 N–H and O–H groups in total. The van der Waals surface area contributed by atoms with Gasteiger partial charge in [-0.25, -0.2) is 0 Å². The first-order chi connectivity index (χ1) is 11.1. The van der Waals surface area contributed by atoms with Crippen LogP contribution >= 0.6 is 0 Å². The Hall–Kier alpha value is -1.45. The summed E-state index contributed by atoms with van der Waals surface area (Å²) >= 11 is 0. The summed E-state index contributed by atoms with van der Waals surface area (Å²) in [4.78, 5) is 4.69. The normalized spacial score (nSPS) is 24.0. The molecule has 1 saturated carbocycles. The van der Waals surface area contributed by atoms with Gasteiger partial charge in [-0.2, -0.15) is 0 Å². The van der Waals surface area contributed by atoms with Crippen LogP contribution in [0.5, 0.6) is 0 Å². The first-order valence-corrected chi connectivity index (χ1v) is 8.64. The fraction of sp³-hybridized carbons (Fsp3) is 0.550. The molecule has 3 rings (SSSR count). The molecule has 3 nitrogen and oxygen atoms in total. The lowest BCUT2D eigenvalue weighted by atomic mass is 9.71. The molecular weight excluding hydrogens is 286 g/mol. The van der Waals surface area contributed by atoms with Gasteiger partial charge < -0.3 is 9.84 Å². The maximum Gasteiger partial charge on any atom is 0.0705 e. The van der Waals surface area contributed by atoms with E-state index < -0.39 is 0 Å². The van der Waals surface area contributed by atoms with E-state index in [4.69, 9.17) is 9.72 Å². The minimum absolute atomic E-state index is 0.188. The van der Waals surface area contributed by atoms with Crippen LogP contribution in [0.3, 0.4) is 0 Å². The summed E-state index contributed by atoms with van der Waals surface area (Å²) in [6.07, 6.45) is 4.27. The zero-order valence-electron chi connectivity index (χ0n) is 14.2. The van der Waals surface area contributed by atoms with Crippen molar-refractivity contribution < 1.29 is 9.84 Å². The Bertz CT molecular complexity index is 653. The summed E-state index contributed by atoms with van der Waals surface area (Å²) in [5.74, 6) is 0.267. The van der Waals surface area contributed by atoms with E-state index >= 15 is 0 Å². The maximum atomic E-state index is 9.64. The highest BCUT2D eigenvalue weighted by Gasteiger charge is 2.34. The molecule has 0 spiro atoms. The van der Waals surface area contributed by atoms with Crippen molar-refractivity contribution in [1.82, 2.24) is 4.98 Å². The first-order valence-electron chi connectivity index (χ1n) is 8.64. The van der Waals surface area contributed by atoms with E-state index in [0.717, 1.165) is 30.5 Å². The smallest absolute Gasteiger partial charge is 0.0705 e. The zero-order chi connectivity index (χ0) is 16.3. The number of para-hydroxylation sites is 1. The van der Waals surface area contributed by atoms with Crippen molar-refractivity contribution in [2.24, 2.45) is 11.3 Å². The third kappa shape index (κ3) is 4.10. The number of fused-ring (bicyclic) bond motifs is 1. The van der Waals surface area contributed by atoms with Crippen LogP contribution in [0.25, 0.3) is 10.9 Å². The van der Waals surface area contributed by atoms with Gasteiger partial charge in [-0.3, -0.25) is 4.98 Å². The molecule has 0 unspecified atom stereocenters. The molecule has 2 atom stereocenters. The lowest BCUT2D eigenvalue weighted by Gasteiger charge is -2.39. The number of ether oxygens (including phenoxy) is 1. The second kappa shape index (κ2) is 6.98. The van der Waals surface area contributed by atoms with E-state index in [2.05, 4.69) is 32.0 Å². The molecule has 0 aliphatic heterocycles. The van der Waals surface area contributed by atoms with Gasteiger partial charge in [0.15, 0.2) is 0 Å². The van der Waals surface area contributed by atoms with Crippen LogP contribution in [0.2, 0.25) is 0 Å². The third-order valence-corrected chi connectivity index (χ3v) is 5.03. The topological polar surface area (TPSA) is 42.4 Å². The van der Waals surface area contributed by atoms with Crippen molar-refractivity contribution in [3.05, 3.63) is 42.1 Å². The minimum Gasteiger partial charge on any atom is -0.396 e. The average molecular weight is 313 g/mol. The van der Waals surface area contributed by atoms with E-state index in [0.29, 0.717) is 12.0 Å². The average Bonchev–Trinajstić information content (AvgIpc) is 2.55. The number of benzene rings is 1. The van der Waals surface area contributed by atoms with Gasteiger partial charge in [0.2, 0.25) is 0 Å². The first kappa shape index (κ1) is 16.4. The Balaban J connectivity index is 1.55. The lowest BCUT2D eigenvalue weighted by Crippen LogP contribution is -2.37. The largest absolute Gasteiger partial charge is 0.396 e. The van der Waals surface area contributed by atoms with Crippen molar-refractivity contribution in [2.75, 3.05) is 13.2 Å². The number of pyridine rings is 1. The van der Waals surface area contributed by atoms with Crippen LogP contribution < -0.4 is 0 Å². The van der Waals surface area contributed by atoms with Crippen molar-refractivity contribution in [3.8, 4) is 0 Å². The molecule has 1 aliphatic rings. The number of hydrogen-bond acceptors (Lipinski definition) is 3. The molecular formula is C20H27NO2. The summed E-state index contributed by atoms with van der Waals surface area (Å²) in [7, 11) is 0. The van der Waals surface area contributed by atoms with Gasteiger partial charge in [0, 0.05) is 30.0 Å². The molecule has 0 saturated heterocycles. The standard InChI is InChI=1S/C20H27NO2/c1-20(2)11-9-19(16(13-20)14-22)23-12-10-17-8-7-15-5-3-4-6-18(15)21-17/h3-8,16,19,22H,9-14H2,1-2H3/t16-,19+/m0/s1. The zero-order valence-corrected chi connectivity index (χ0v) is 14.2. The molecule has 0 radical (unpaired) electrons. The number of aromatic nitrogens is 1. The number of hydrogen-bond donors (Lipinski definition) is 1. The number of nitrogens with zero attached hydrogens (tertiary/aromatic N) is 1. The fourth-order valence-corrected chi connectivity index (χ4v) is 3.68. The van der Waals surface area contributed by atoms with Gasteiger partial charge in [0.25, 0.3) is 0 Å². The molecule has 3 heteroatoms. The van der Waals surface area contributed by atoms with Gasteiger partial charge in [-0.15, -0.1) is 0 Å². The molecule has 23 heavy (non-hydrogen) atoms. The van der Waals surface area contributed by atoms with Gasteiger partial charge in [-0.1, -0.05) is 38.1 Å². The Kier molecular flexibility index (Phi) is 4.98. The quantitative estimate of drug-likeness (QED) is 0.908. The van der Waals surface area contributed by atoms with Crippen LogP contribution in [-0.2, 0) is 11.2 Å². The molecule has 1 aromatic carbocycles. The lowest BCUT2D eigenvalue weighted by molar-refractivity contribution is -0.0538. The highest BCUT2D eigenvalue weighted by Crippen LogP contribution is 2.39. The van der Waals surface area contributed by atoms with Crippen LogP contribution in [0.1, 0.15) is 38.8 Å². The van der Waals surface area contributed by atoms with Crippen LogP contribution in [0, 0.1) is 11.3 Å². The Morgan fingerprint density at radius 3 is 2.87 bits per heavy atom. The molecule has 0 amide bonds. The predicted molar refractivity (Wildman–Crippen MR) is 93.4 cm³/mol. The monoisotopic (exact) mass is 313 g/mol. The predicted octanol–water partition coefficient (Wildman–Crippen LogP) is 3.98. The maximum absolute atomic E-state index is 9.64. The van der Waals surface area contributed by atoms with Crippen molar-refractivity contribution in [3.63, 3.8) is 0 Å². The summed E-state index contributed by atoms with van der Waals surface area (Å²) in [5, 5.41) is 10.8. The molecule has 1 aliphatic carbocycles. The van der Waals surface area contributed by atoms with Crippen LogP contribution in [-0.4, -0.2) is 29.4 Å². The fourth-order valence-electron chi connectivity index (χ4n) is 3.68. The summed E-state index contributed by atoms with van der Waals surface area (Å²) in [5.41, 5.74) is 2.44. The van der Waals surface area contributed by atoms with Gasteiger partial charge >= 0.3 is 0 Å². The summed E-state index contributed by atoms with van der Waals surface area (Å²) < 4.78 is 6.10. The second-order valence-corrected chi connectivity index (χ2v) is 7.50. The molecule has 124 valence electrons. The van der Waals surface area contributed by atoms with E-state index in [9.17, 15) is 5.11 Å². The summed E-state index contributed by atoms with van der Waals surface area (Å²) in [6.45, 7) is 5.46. The molecule has 1 aromatic heterocycles. The Labute approximate surface area is 138 Å². The van der Waals surface area contributed by atoms with Gasteiger partial charge in [0.05, 0.1) is 18.2 Å². The number of aliphatic hydroxyl groups excluding tert-OH is 1. The minimum atomic E-state index is 0.188. The number of aliphatic hydroxyl groups is 1. The van der Waals surface area contributed by atoms with Crippen molar-refractivity contribution in [2.45, 2.75) is 45.6 Å². The number of rotatable bonds is 5. The molecule has 2 aromatic rings. The van der Waals surface area contributed by atoms with Gasteiger partial charge in [0.1, 0.15) is 0 Å². The highest BCUT2D eigenvalue weighted by atomic mass is 16.5. The van der Waals surface area contributed by atoms with Crippen LogP contribution in [0.15, 0.2) is 36.4 Å². The Morgan fingerprint density at radius 1 is 1.22 bits per heavy atom. The SMILES string of the molecule is CC1(C)CC[C@@H](OCCc2ccc3ccccc3n2)[C@H](CO)C1. The van der Waals surface area contributed by atoms with E-state index in [1.54, 1.807) is 0 Å². The van der Waals surface area contributed by atoms with E-state index in [-0.39, 0.29) is 18.6 Å². The molecule has 1 fully saturated rings. The highest BCUT2D eigenvalue weighted by molar-refractivity contribution is 5.78. The second-order valence-electron chi connectivity index (χ2n) is 7.50. The van der Waals surface area contributed by atoms with Crippen LogP contribution in [0.4, 0.5) is 0 Å². The van der Waals surface area contributed by atoms with E-state index in [1.807, 2.05) is 18.2 Å². The van der Waals surface area contributed by atoms with Crippen molar-refractivity contribution in [1.29, 1.82) is 0 Å². The Morgan fingerprint density at radius 2 is 2.04 bits per heavy atom. The third-order valence-electron chi connectivity index (χ3n) is 5.03.